The van der Waals surface area contributed by atoms with Gasteiger partial charge in [0.25, 0.3) is 0 Å². The van der Waals surface area contributed by atoms with Crippen LogP contribution < -0.4 is 0 Å². The Kier molecular flexibility index (Phi) is 7.51. The van der Waals surface area contributed by atoms with Crippen LogP contribution in [0.1, 0.15) is 31.2 Å². The number of carbonyl (C=O) groups excluding carboxylic acids is 1. The molecule has 0 aliphatic carbocycles. The minimum atomic E-state index is -0.118. The van der Waals surface area contributed by atoms with E-state index in [9.17, 15) is 4.79 Å². The molecule has 0 fully saturated rings. The molecule has 3 aromatic rings. The van der Waals surface area contributed by atoms with Crippen LogP contribution in [-0.4, -0.2) is 27.5 Å². The number of pyridine rings is 1. The fourth-order valence-corrected chi connectivity index (χ4v) is 3.92. The van der Waals surface area contributed by atoms with Crippen LogP contribution in [0.3, 0.4) is 0 Å². The van der Waals surface area contributed by atoms with E-state index < -0.39 is 0 Å². The van der Waals surface area contributed by atoms with Gasteiger partial charge in [0.1, 0.15) is 6.61 Å². The second kappa shape index (κ2) is 10.1. The van der Waals surface area contributed by atoms with E-state index in [2.05, 4.69) is 44.7 Å². The predicted molar refractivity (Wildman–Crippen MR) is 118 cm³/mol. The first kappa shape index (κ1) is 20.9. The first-order valence-electron chi connectivity index (χ1n) is 9.50. The summed E-state index contributed by atoms with van der Waals surface area (Å²) in [6.07, 6.45) is 7.92. The maximum Gasteiger partial charge on any atom is 0.305 e. The number of hydrogen-bond acceptors (Lipinski definition) is 3. The highest BCUT2D eigenvalue weighted by atomic mass is 79.9. The van der Waals surface area contributed by atoms with Crippen LogP contribution in [0.25, 0.3) is 22.2 Å². The average molecular weight is 464 g/mol. The van der Waals surface area contributed by atoms with E-state index in [1.165, 1.54) is 16.6 Å². The number of nitrogens with zero attached hydrogens (tertiary/aromatic N) is 2. The lowest BCUT2D eigenvalue weighted by Crippen LogP contribution is -2.06. The van der Waals surface area contributed by atoms with Gasteiger partial charge in [0, 0.05) is 52.7 Å². The van der Waals surface area contributed by atoms with E-state index in [1.807, 2.05) is 24.4 Å². The molecule has 0 radical (unpaired) electrons. The molecule has 148 valence electrons. The van der Waals surface area contributed by atoms with Gasteiger partial charge in [-0.25, -0.2) is 0 Å². The van der Waals surface area contributed by atoms with Gasteiger partial charge in [-0.3, -0.25) is 9.78 Å². The molecule has 0 amide bonds. The minimum Gasteiger partial charge on any atom is -0.465 e. The maximum atomic E-state index is 11.6. The van der Waals surface area contributed by atoms with Crippen LogP contribution in [0, 0.1) is 0 Å². The Labute approximate surface area is 179 Å². The highest BCUT2D eigenvalue weighted by Crippen LogP contribution is 2.35. The van der Waals surface area contributed by atoms with Crippen molar-refractivity contribution in [1.82, 2.24) is 9.55 Å². The van der Waals surface area contributed by atoms with Crippen molar-refractivity contribution in [3.8, 4) is 11.3 Å². The van der Waals surface area contributed by atoms with Crippen molar-refractivity contribution in [3.05, 3.63) is 53.3 Å². The summed E-state index contributed by atoms with van der Waals surface area (Å²) in [6, 6.07) is 10.1. The molecule has 1 aromatic carbocycles. The van der Waals surface area contributed by atoms with E-state index in [4.69, 9.17) is 16.3 Å². The molecule has 0 unspecified atom stereocenters. The summed E-state index contributed by atoms with van der Waals surface area (Å²) >= 11 is 9.54. The quantitative estimate of drug-likeness (QED) is 0.224. The van der Waals surface area contributed by atoms with Gasteiger partial charge in [0.15, 0.2) is 0 Å². The second-order valence-corrected chi connectivity index (χ2v) is 7.99. The predicted octanol–water partition coefficient (Wildman–Crippen LogP) is 5.93. The van der Waals surface area contributed by atoms with Crippen molar-refractivity contribution in [1.29, 1.82) is 0 Å². The van der Waals surface area contributed by atoms with Crippen LogP contribution in [0.15, 0.2) is 42.7 Å². The van der Waals surface area contributed by atoms with E-state index >= 15 is 0 Å². The number of carbonyl (C=O) groups is 1. The van der Waals surface area contributed by atoms with Crippen molar-refractivity contribution < 1.29 is 9.53 Å². The van der Waals surface area contributed by atoms with Gasteiger partial charge in [-0.15, -0.1) is 0 Å². The van der Waals surface area contributed by atoms with E-state index in [0.717, 1.165) is 41.8 Å². The lowest BCUT2D eigenvalue weighted by Gasteiger charge is -2.08. The monoisotopic (exact) mass is 462 g/mol. The van der Waals surface area contributed by atoms with Crippen molar-refractivity contribution in [2.24, 2.45) is 7.05 Å². The number of ether oxygens (including phenoxy) is 1. The molecule has 0 bridgehead atoms. The molecule has 3 rings (SSSR count). The van der Waals surface area contributed by atoms with Crippen molar-refractivity contribution in [3.63, 3.8) is 0 Å². The third-order valence-corrected chi connectivity index (χ3v) is 5.41. The lowest BCUT2D eigenvalue weighted by atomic mass is 10.00. The van der Waals surface area contributed by atoms with E-state index in [-0.39, 0.29) is 5.97 Å². The number of halogens is 2. The van der Waals surface area contributed by atoms with Crippen molar-refractivity contribution in [2.45, 2.75) is 32.1 Å². The number of benzene rings is 1. The minimum absolute atomic E-state index is 0.118. The summed E-state index contributed by atoms with van der Waals surface area (Å²) in [6.45, 7) is 0.435. The van der Waals surface area contributed by atoms with Gasteiger partial charge in [-0.2, -0.15) is 0 Å². The molecule has 0 spiro atoms. The fourth-order valence-electron chi connectivity index (χ4n) is 3.59. The summed E-state index contributed by atoms with van der Waals surface area (Å²) < 4.78 is 7.31. The first-order valence-corrected chi connectivity index (χ1v) is 11.0. The average Bonchev–Trinajstić information content (AvgIpc) is 2.97. The number of esters is 1. The number of fused-ring (bicyclic) bond motifs is 1. The van der Waals surface area contributed by atoms with Crippen LogP contribution in [0.4, 0.5) is 0 Å². The topological polar surface area (TPSA) is 44.1 Å². The third-order valence-electron chi connectivity index (χ3n) is 4.85. The molecule has 0 atom stereocenters. The molecular formula is C22H24BrClN2O2. The highest BCUT2D eigenvalue weighted by Gasteiger charge is 2.17. The van der Waals surface area contributed by atoms with Gasteiger partial charge < -0.3 is 9.30 Å². The standard InChI is InChI=1S/C22H24BrClN2O2/c1-26-20-10-9-17(24)14-19(20)18(22(26)16-6-5-12-25-15-16)7-3-2-4-8-21(27)28-13-11-23/h5-6,9-10,12,14-15H,2-4,7-8,11,13H2,1H3. The summed E-state index contributed by atoms with van der Waals surface area (Å²) in [5.41, 5.74) is 4.74. The van der Waals surface area contributed by atoms with Gasteiger partial charge >= 0.3 is 5.97 Å². The zero-order valence-electron chi connectivity index (χ0n) is 16.0. The molecule has 0 aliphatic rings. The molecule has 0 saturated carbocycles. The van der Waals surface area contributed by atoms with Crippen molar-refractivity contribution >= 4 is 44.4 Å². The Morgan fingerprint density at radius 2 is 2.11 bits per heavy atom. The van der Waals surface area contributed by atoms with E-state index in [0.29, 0.717) is 18.4 Å². The molecule has 0 saturated heterocycles. The number of aromatic nitrogens is 2. The summed E-state index contributed by atoms with van der Waals surface area (Å²) in [4.78, 5) is 15.9. The maximum absolute atomic E-state index is 11.6. The zero-order valence-corrected chi connectivity index (χ0v) is 18.3. The van der Waals surface area contributed by atoms with Crippen LogP contribution in [0.2, 0.25) is 5.02 Å². The second-order valence-electron chi connectivity index (χ2n) is 6.76. The number of aryl methyl sites for hydroxylation is 2. The van der Waals surface area contributed by atoms with Crippen LogP contribution in [-0.2, 0) is 23.0 Å². The zero-order chi connectivity index (χ0) is 19.9. The number of rotatable bonds is 9. The van der Waals surface area contributed by atoms with Crippen molar-refractivity contribution in [2.75, 3.05) is 11.9 Å². The smallest absolute Gasteiger partial charge is 0.305 e. The van der Waals surface area contributed by atoms with Gasteiger partial charge in [0.05, 0.1) is 5.69 Å². The summed E-state index contributed by atoms with van der Waals surface area (Å²) in [5.74, 6) is -0.118. The Hall–Kier alpha value is -1.85. The van der Waals surface area contributed by atoms with Gasteiger partial charge in [-0.1, -0.05) is 34.0 Å². The lowest BCUT2D eigenvalue weighted by molar-refractivity contribution is -0.143. The summed E-state index contributed by atoms with van der Waals surface area (Å²) in [7, 11) is 2.09. The SMILES string of the molecule is Cn1c(-c2cccnc2)c(CCCCCC(=O)OCCBr)c2cc(Cl)ccc21. The van der Waals surface area contributed by atoms with Crippen LogP contribution in [0.5, 0.6) is 0 Å². The number of alkyl halides is 1. The third kappa shape index (κ3) is 4.95. The highest BCUT2D eigenvalue weighted by molar-refractivity contribution is 9.09. The molecule has 2 heterocycles. The molecular weight excluding hydrogens is 440 g/mol. The normalized spacial score (nSPS) is 11.1. The number of unbranched alkanes of at least 4 members (excludes halogenated alkanes) is 2. The molecule has 2 aromatic heterocycles. The first-order chi connectivity index (χ1) is 13.6. The molecule has 0 N–H and O–H groups in total. The number of hydrogen-bond donors (Lipinski definition) is 0. The largest absolute Gasteiger partial charge is 0.465 e. The molecule has 6 heteroatoms. The Morgan fingerprint density at radius 3 is 2.86 bits per heavy atom. The van der Waals surface area contributed by atoms with Gasteiger partial charge in [0.2, 0.25) is 0 Å². The molecule has 28 heavy (non-hydrogen) atoms. The summed E-state index contributed by atoms with van der Waals surface area (Å²) in [5, 5.41) is 2.61. The molecule has 4 nitrogen and oxygen atoms in total. The Bertz CT molecular complexity index is 941. The van der Waals surface area contributed by atoms with Gasteiger partial charge in [-0.05, 0) is 55.2 Å². The Balaban J connectivity index is 1.76. The Morgan fingerprint density at radius 1 is 1.25 bits per heavy atom. The van der Waals surface area contributed by atoms with E-state index in [1.54, 1.807) is 6.20 Å². The van der Waals surface area contributed by atoms with Crippen LogP contribution >= 0.6 is 27.5 Å². The fraction of sp³-hybridized carbons (Fsp3) is 0.364. The molecule has 0 aliphatic heterocycles.